The van der Waals surface area contributed by atoms with E-state index < -0.39 is 0 Å². The number of rotatable bonds is 5. The molecule has 0 radical (unpaired) electrons. The minimum Gasteiger partial charge on any atom is -0.455 e. The molecule has 3 N–H and O–H groups in total. The number of nitrogens with two attached hydrogens (primary N) is 1. The molecule has 1 amide bonds. The molecule has 26 heavy (non-hydrogen) atoms. The van der Waals surface area contributed by atoms with Crippen molar-refractivity contribution in [2.45, 2.75) is 25.8 Å². The molecule has 2 aromatic rings. The number of ether oxygens (including phenoxy) is 1. The fourth-order valence-corrected chi connectivity index (χ4v) is 2.90. The third kappa shape index (κ3) is 5.73. The molecule has 1 heterocycles. The monoisotopic (exact) mass is 375 g/mol. The average Bonchev–Trinajstić information content (AvgIpc) is 2.61. The minimum absolute atomic E-state index is 0. The fourth-order valence-electron chi connectivity index (χ4n) is 2.90. The van der Waals surface area contributed by atoms with E-state index in [4.69, 9.17) is 10.5 Å². The summed E-state index contributed by atoms with van der Waals surface area (Å²) in [6.45, 7) is 4.16. The highest BCUT2D eigenvalue weighted by Crippen LogP contribution is 2.29. The second-order valence-corrected chi connectivity index (χ2v) is 6.57. The Morgan fingerprint density at radius 1 is 1.15 bits per heavy atom. The summed E-state index contributed by atoms with van der Waals surface area (Å²) in [5.41, 5.74) is 7.77. The highest BCUT2D eigenvalue weighted by molar-refractivity contribution is 5.93. The van der Waals surface area contributed by atoms with Gasteiger partial charge >= 0.3 is 0 Å². The molecule has 0 aromatic heterocycles. The smallest absolute Gasteiger partial charge is 0.238 e. The van der Waals surface area contributed by atoms with Gasteiger partial charge in [0.2, 0.25) is 5.91 Å². The topological polar surface area (TPSA) is 67.6 Å². The first-order chi connectivity index (χ1) is 12.1. The Labute approximate surface area is 160 Å². The summed E-state index contributed by atoms with van der Waals surface area (Å²) in [4.78, 5) is 14.5. The molecular weight excluding hydrogens is 350 g/mol. The Morgan fingerprint density at radius 2 is 1.81 bits per heavy atom. The molecule has 1 aliphatic rings. The zero-order chi connectivity index (χ0) is 17.6. The van der Waals surface area contributed by atoms with Crippen LogP contribution in [0.3, 0.4) is 0 Å². The molecule has 0 spiro atoms. The first-order valence-corrected chi connectivity index (χ1v) is 8.71. The minimum atomic E-state index is -0.0320. The number of anilines is 1. The normalized spacial score (nSPS) is 15.2. The summed E-state index contributed by atoms with van der Waals surface area (Å²) in [6, 6.07) is 15.6. The molecular formula is C20H26ClN3O2. The summed E-state index contributed by atoms with van der Waals surface area (Å²) < 4.78 is 5.92. The number of halogens is 1. The zero-order valence-corrected chi connectivity index (χ0v) is 15.8. The fraction of sp³-hybridized carbons (Fsp3) is 0.350. The van der Waals surface area contributed by atoms with Gasteiger partial charge in [0.05, 0.1) is 12.2 Å². The van der Waals surface area contributed by atoms with Crippen molar-refractivity contribution in [2.24, 2.45) is 5.73 Å². The van der Waals surface area contributed by atoms with Gasteiger partial charge < -0.3 is 15.8 Å². The van der Waals surface area contributed by atoms with Crippen molar-refractivity contribution in [1.29, 1.82) is 0 Å². The molecule has 0 bridgehead atoms. The van der Waals surface area contributed by atoms with Crippen LogP contribution < -0.4 is 15.8 Å². The lowest BCUT2D eigenvalue weighted by Gasteiger charge is -2.29. The Morgan fingerprint density at radius 3 is 2.50 bits per heavy atom. The van der Waals surface area contributed by atoms with Crippen molar-refractivity contribution in [3.8, 4) is 11.5 Å². The van der Waals surface area contributed by atoms with Gasteiger partial charge in [0.1, 0.15) is 5.75 Å². The molecule has 3 rings (SSSR count). The van der Waals surface area contributed by atoms with Crippen LogP contribution in [0.1, 0.15) is 18.4 Å². The predicted octanol–water partition coefficient (Wildman–Crippen LogP) is 3.57. The van der Waals surface area contributed by atoms with E-state index in [1.165, 1.54) is 5.56 Å². The summed E-state index contributed by atoms with van der Waals surface area (Å²) in [5.74, 6) is 1.35. The number of para-hydroxylation sites is 2. The molecule has 0 saturated carbocycles. The second-order valence-electron chi connectivity index (χ2n) is 6.57. The number of benzene rings is 2. The summed E-state index contributed by atoms with van der Waals surface area (Å²) in [7, 11) is 0. The summed E-state index contributed by atoms with van der Waals surface area (Å²) in [5, 5.41) is 2.96. The maximum Gasteiger partial charge on any atom is 0.238 e. The highest BCUT2D eigenvalue weighted by atomic mass is 35.5. The average molecular weight is 376 g/mol. The van der Waals surface area contributed by atoms with E-state index >= 15 is 0 Å². The molecule has 140 valence electrons. The number of hydrogen-bond donors (Lipinski definition) is 2. The maximum atomic E-state index is 12.4. The Bertz CT molecular complexity index is 713. The van der Waals surface area contributed by atoms with Gasteiger partial charge in [0.25, 0.3) is 0 Å². The first-order valence-electron chi connectivity index (χ1n) is 8.71. The van der Waals surface area contributed by atoms with Crippen molar-refractivity contribution in [2.75, 3.05) is 25.0 Å². The van der Waals surface area contributed by atoms with Gasteiger partial charge in [-0.25, -0.2) is 0 Å². The lowest BCUT2D eigenvalue weighted by molar-refractivity contribution is -0.117. The maximum absolute atomic E-state index is 12.4. The van der Waals surface area contributed by atoms with Crippen LogP contribution in [0.25, 0.3) is 0 Å². The third-order valence-electron chi connectivity index (χ3n) is 4.41. The van der Waals surface area contributed by atoms with Crippen LogP contribution in [0, 0.1) is 6.92 Å². The number of carbonyl (C=O) groups excluding carboxylic acids is 1. The van der Waals surface area contributed by atoms with Crippen LogP contribution in [-0.2, 0) is 4.79 Å². The van der Waals surface area contributed by atoms with Gasteiger partial charge in [-0.1, -0.05) is 29.8 Å². The van der Waals surface area contributed by atoms with Crippen molar-refractivity contribution >= 4 is 24.0 Å². The SMILES string of the molecule is Cc1ccc(Oc2ccccc2NC(=O)CN2CCC(N)CC2)cc1.Cl. The highest BCUT2D eigenvalue weighted by Gasteiger charge is 2.18. The number of amides is 1. The van der Waals surface area contributed by atoms with Crippen molar-refractivity contribution in [1.82, 2.24) is 4.90 Å². The second kappa shape index (κ2) is 9.57. The van der Waals surface area contributed by atoms with Gasteiger partial charge in [-0.2, -0.15) is 0 Å². The van der Waals surface area contributed by atoms with Crippen molar-refractivity contribution in [3.05, 3.63) is 54.1 Å². The molecule has 1 fully saturated rings. The van der Waals surface area contributed by atoms with E-state index in [-0.39, 0.29) is 24.4 Å². The van der Waals surface area contributed by atoms with Gasteiger partial charge in [0, 0.05) is 19.1 Å². The molecule has 5 nitrogen and oxygen atoms in total. The van der Waals surface area contributed by atoms with Crippen LogP contribution in [0.5, 0.6) is 11.5 Å². The Hall–Kier alpha value is -2.08. The summed E-state index contributed by atoms with van der Waals surface area (Å²) >= 11 is 0. The summed E-state index contributed by atoms with van der Waals surface area (Å²) in [6.07, 6.45) is 1.89. The van der Waals surface area contributed by atoms with Crippen LogP contribution >= 0.6 is 12.4 Å². The predicted molar refractivity (Wildman–Crippen MR) is 107 cm³/mol. The molecule has 6 heteroatoms. The molecule has 1 aliphatic heterocycles. The lowest BCUT2D eigenvalue weighted by Crippen LogP contribution is -2.43. The Kier molecular flexibility index (Phi) is 7.45. The van der Waals surface area contributed by atoms with Crippen molar-refractivity contribution < 1.29 is 9.53 Å². The number of likely N-dealkylation sites (tertiary alicyclic amines) is 1. The van der Waals surface area contributed by atoms with E-state index in [2.05, 4.69) is 10.2 Å². The van der Waals surface area contributed by atoms with Crippen LogP contribution in [-0.4, -0.2) is 36.5 Å². The van der Waals surface area contributed by atoms with Crippen LogP contribution in [0.15, 0.2) is 48.5 Å². The van der Waals surface area contributed by atoms with Crippen molar-refractivity contribution in [3.63, 3.8) is 0 Å². The van der Waals surface area contributed by atoms with E-state index in [1.807, 2.05) is 55.5 Å². The third-order valence-corrected chi connectivity index (χ3v) is 4.41. The van der Waals surface area contributed by atoms with E-state index in [0.29, 0.717) is 18.0 Å². The number of carbonyl (C=O) groups is 1. The molecule has 2 aromatic carbocycles. The molecule has 0 atom stereocenters. The number of nitrogens with one attached hydrogen (secondary N) is 1. The van der Waals surface area contributed by atoms with Gasteiger partial charge in [-0.3, -0.25) is 9.69 Å². The van der Waals surface area contributed by atoms with Crippen LogP contribution in [0.2, 0.25) is 0 Å². The molecule has 0 unspecified atom stereocenters. The van der Waals surface area contributed by atoms with Gasteiger partial charge in [-0.05, 0) is 44.0 Å². The zero-order valence-electron chi connectivity index (χ0n) is 15.0. The van der Waals surface area contributed by atoms with Gasteiger partial charge in [-0.15, -0.1) is 12.4 Å². The van der Waals surface area contributed by atoms with E-state index in [9.17, 15) is 4.79 Å². The van der Waals surface area contributed by atoms with Crippen LogP contribution in [0.4, 0.5) is 5.69 Å². The van der Waals surface area contributed by atoms with E-state index in [1.54, 1.807) is 0 Å². The first kappa shape index (κ1) is 20.2. The standard InChI is InChI=1S/C20H25N3O2.ClH/c1-15-6-8-17(9-7-15)25-19-5-3-2-4-18(19)22-20(24)14-23-12-10-16(21)11-13-23;/h2-9,16H,10-14,21H2,1H3,(H,22,24);1H. The lowest BCUT2D eigenvalue weighted by atomic mass is 10.1. The Balaban J connectivity index is 0.00000243. The molecule has 0 aliphatic carbocycles. The largest absolute Gasteiger partial charge is 0.455 e. The number of aryl methyl sites for hydroxylation is 1. The number of hydrogen-bond acceptors (Lipinski definition) is 4. The van der Waals surface area contributed by atoms with Gasteiger partial charge in [0.15, 0.2) is 5.75 Å². The number of nitrogens with zero attached hydrogens (tertiary/aromatic N) is 1. The molecule has 1 saturated heterocycles. The number of piperidine rings is 1. The quantitative estimate of drug-likeness (QED) is 0.838. The van der Waals surface area contributed by atoms with E-state index in [0.717, 1.165) is 31.7 Å².